The number of hydrogen-bond acceptors (Lipinski definition) is 10. The summed E-state index contributed by atoms with van der Waals surface area (Å²) in [6.45, 7) is 0. The largest absolute Gasteiger partial charge is 0.493 e. The SMILES string of the molecule is COc1cc(C=NNC(=O)CC(=O)NN=Cc2ccc(OC(=O)c3ccccc3Br)c(OC)c2)ccc1OC(=O)c1ccccc1Br. The maximum Gasteiger partial charge on any atom is 0.344 e. The summed E-state index contributed by atoms with van der Waals surface area (Å²) in [5, 5.41) is 7.71. The molecule has 0 aliphatic carbocycles. The van der Waals surface area contributed by atoms with Crippen molar-refractivity contribution in [3.63, 3.8) is 0 Å². The average molecular weight is 766 g/mol. The van der Waals surface area contributed by atoms with Crippen LogP contribution in [-0.2, 0) is 9.59 Å². The third-order valence-corrected chi connectivity index (χ3v) is 7.48. The summed E-state index contributed by atoms with van der Waals surface area (Å²) in [7, 11) is 2.84. The molecule has 14 heteroatoms. The first kappa shape index (κ1) is 34.5. The number of amides is 2. The molecule has 4 aromatic carbocycles. The molecule has 0 heterocycles. The lowest BCUT2D eigenvalue weighted by Crippen LogP contribution is -2.27. The van der Waals surface area contributed by atoms with Crippen LogP contribution in [0.25, 0.3) is 0 Å². The number of halogens is 2. The number of esters is 2. The maximum absolute atomic E-state index is 12.5. The zero-order valence-electron chi connectivity index (χ0n) is 24.9. The maximum atomic E-state index is 12.5. The first-order chi connectivity index (χ1) is 22.7. The summed E-state index contributed by atoms with van der Waals surface area (Å²) in [6, 6.07) is 23.1. The molecule has 0 fully saturated rings. The number of carbonyl (C=O) groups is 4. The Hall–Kier alpha value is -5.34. The second kappa shape index (κ2) is 16.8. The normalized spacial score (nSPS) is 10.8. The van der Waals surface area contributed by atoms with Crippen molar-refractivity contribution < 1.29 is 38.1 Å². The van der Waals surface area contributed by atoms with Gasteiger partial charge >= 0.3 is 11.9 Å². The molecule has 0 aliphatic rings. The van der Waals surface area contributed by atoms with Gasteiger partial charge in [-0.05, 0) is 104 Å². The van der Waals surface area contributed by atoms with Gasteiger partial charge < -0.3 is 18.9 Å². The molecule has 0 aliphatic heterocycles. The number of nitrogens with zero attached hydrogens (tertiary/aromatic N) is 2. The Balaban J connectivity index is 1.26. The lowest BCUT2D eigenvalue weighted by atomic mass is 10.2. The van der Waals surface area contributed by atoms with Crippen LogP contribution in [0.4, 0.5) is 0 Å². The Morgan fingerprint density at radius 2 is 1.02 bits per heavy atom. The summed E-state index contributed by atoms with van der Waals surface area (Å²) in [4.78, 5) is 49.4. The van der Waals surface area contributed by atoms with Crippen molar-refractivity contribution in [2.75, 3.05) is 14.2 Å². The molecule has 0 spiro atoms. The van der Waals surface area contributed by atoms with Gasteiger partial charge in [0.1, 0.15) is 6.42 Å². The fourth-order valence-corrected chi connectivity index (χ4v) is 4.74. The van der Waals surface area contributed by atoms with Gasteiger partial charge in [0.15, 0.2) is 23.0 Å². The van der Waals surface area contributed by atoms with Crippen LogP contribution < -0.4 is 29.8 Å². The highest BCUT2D eigenvalue weighted by Gasteiger charge is 2.17. The van der Waals surface area contributed by atoms with E-state index in [0.717, 1.165) is 0 Å². The minimum absolute atomic E-state index is 0.195. The highest BCUT2D eigenvalue weighted by atomic mass is 79.9. The average Bonchev–Trinajstić information content (AvgIpc) is 3.06. The first-order valence-electron chi connectivity index (χ1n) is 13.6. The van der Waals surface area contributed by atoms with Crippen LogP contribution in [0.1, 0.15) is 38.3 Å². The summed E-state index contributed by atoms with van der Waals surface area (Å²) in [5.41, 5.74) is 6.28. The van der Waals surface area contributed by atoms with Crippen molar-refractivity contribution in [2.45, 2.75) is 6.42 Å². The van der Waals surface area contributed by atoms with Gasteiger partial charge in [0, 0.05) is 8.95 Å². The van der Waals surface area contributed by atoms with Crippen molar-refractivity contribution in [1.29, 1.82) is 0 Å². The Morgan fingerprint density at radius 3 is 1.40 bits per heavy atom. The van der Waals surface area contributed by atoms with E-state index in [4.69, 9.17) is 18.9 Å². The smallest absolute Gasteiger partial charge is 0.344 e. The minimum atomic E-state index is -0.683. The van der Waals surface area contributed by atoms with Crippen LogP contribution >= 0.6 is 31.9 Å². The topological polar surface area (TPSA) is 154 Å². The van der Waals surface area contributed by atoms with E-state index in [1.807, 2.05) is 0 Å². The third kappa shape index (κ3) is 9.82. The van der Waals surface area contributed by atoms with Crippen LogP contribution in [-0.4, -0.2) is 50.4 Å². The molecule has 0 radical (unpaired) electrons. The van der Waals surface area contributed by atoms with E-state index in [1.165, 1.54) is 38.8 Å². The molecular weight excluding hydrogens is 740 g/mol. The van der Waals surface area contributed by atoms with Crippen LogP contribution in [0, 0.1) is 0 Å². The van der Waals surface area contributed by atoms with Gasteiger partial charge in [0.25, 0.3) is 0 Å². The molecular formula is C33H26Br2N4O8. The van der Waals surface area contributed by atoms with E-state index in [2.05, 4.69) is 52.9 Å². The number of ether oxygens (including phenoxy) is 4. The predicted octanol–water partition coefficient (Wildman–Crippen LogP) is 5.66. The van der Waals surface area contributed by atoms with E-state index in [-0.39, 0.29) is 23.0 Å². The number of carbonyl (C=O) groups excluding carboxylic acids is 4. The van der Waals surface area contributed by atoms with Gasteiger partial charge in [0.05, 0.1) is 37.8 Å². The van der Waals surface area contributed by atoms with Gasteiger partial charge in [-0.3, -0.25) is 9.59 Å². The molecule has 4 rings (SSSR count). The molecule has 240 valence electrons. The van der Waals surface area contributed by atoms with Crippen molar-refractivity contribution >= 4 is 68.0 Å². The highest BCUT2D eigenvalue weighted by molar-refractivity contribution is 9.10. The van der Waals surface area contributed by atoms with Gasteiger partial charge in [0.2, 0.25) is 11.8 Å². The van der Waals surface area contributed by atoms with Crippen LogP contribution in [0.5, 0.6) is 23.0 Å². The zero-order valence-corrected chi connectivity index (χ0v) is 28.0. The summed E-state index contributed by atoms with van der Waals surface area (Å²) >= 11 is 6.64. The van der Waals surface area contributed by atoms with Crippen molar-refractivity contribution in [1.82, 2.24) is 10.9 Å². The molecule has 0 saturated heterocycles. The fourth-order valence-electron chi connectivity index (χ4n) is 3.84. The van der Waals surface area contributed by atoms with Gasteiger partial charge in [-0.15, -0.1) is 0 Å². The van der Waals surface area contributed by atoms with E-state index in [0.29, 0.717) is 31.2 Å². The van der Waals surface area contributed by atoms with Crippen LogP contribution in [0.15, 0.2) is 104 Å². The third-order valence-electron chi connectivity index (χ3n) is 6.10. The summed E-state index contributed by atoms with van der Waals surface area (Å²) < 4.78 is 22.8. The van der Waals surface area contributed by atoms with Gasteiger partial charge in [-0.2, -0.15) is 10.2 Å². The number of rotatable bonds is 12. The lowest BCUT2D eigenvalue weighted by molar-refractivity contribution is -0.129. The van der Waals surface area contributed by atoms with Crippen LogP contribution in [0.2, 0.25) is 0 Å². The summed E-state index contributed by atoms with van der Waals surface area (Å²) in [5.74, 6) is -1.57. The standard InChI is InChI=1S/C33H26Br2N4O8/c1-44-28-15-20(11-13-26(28)46-32(42)22-7-3-5-9-24(22)34)18-36-38-30(40)17-31(41)39-37-19-21-12-14-27(29(16-21)45-2)47-33(43)23-8-4-6-10-25(23)35/h3-16,18-19H,17H2,1-2H3,(H,38,40)(H,39,41). The lowest BCUT2D eigenvalue weighted by Gasteiger charge is -2.10. The molecule has 0 atom stereocenters. The van der Waals surface area contributed by atoms with E-state index in [1.54, 1.807) is 72.8 Å². The number of methoxy groups -OCH3 is 2. The number of nitrogens with one attached hydrogen (secondary N) is 2. The molecule has 0 saturated carbocycles. The Morgan fingerprint density at radius 1 is 0.617 bits per heavy atom. The molecule has 0 unspecified atom stereocenters. The Labute approximate surface area is 286 Å². The van der Waals surface area contributed by atoms with E-state index in [9.17, 15) is 19.2 Å². The fraction of sp³-hybridized carbons (Fsp3) is 0.0909. The molecule has 12 nitrogen and oxygen atoms in total. The van der Waals surface area contributed by atoms with Gasteiger partial charge in [-0.25, -0.2) is 20.4 Å². The van der Waals surface area contributed by atoms with Crippen molar-refractivity contribution in [3.05, 3.63) is 116 Å². The van der Waals surface area contributed by atoms with Crippen LogP contribution in [0.3, 0.4) is 0 Å². The molecule has 0 aromatic heterocycles. The highest BCUT2D eigenvalue weighted by Crippen LogP contribution is 2.30. The second-order valence-corrected chi connectivity index (χ2v) is 11.0. The number of hydrogen-bond donors (Lipinski definition) is 2. The number of benzene rings is 4. The minimum Gasteiger partial charge on any atom is -0.493 e. The molecule has 4 aromatic rings. The predicted molar refractivity (Wildman–Crippen MR) is 180 cm³/mol. The van der Waals surface area contributed by atoms with Crippen molar-refractivity contribution in [3.8, 4) is 23.0 Å². The van der Waals surface area contributed by atoms with Gasteiger partial charge in [-0.1, -0.05) is 24.3 Å². The van der Waals surface area contributed by atoms with E-state index < -0.39 is 30.2 Å². The number of hydrazone groups is 2. The van der Waals surface area contributed by atoms with E-state index >= 15 is 0 Å². The second-order valence-electron chi connectivity index (χ2n) is 9.32. The molecule has 47 heavy (non-hydrogen) atoms. The first-order valence-corrected chi connectivity index (χ1v) is 15.2. The molecule has 2 N–H and O–H groups in total. The Kier molecular flexibility index (Phi) is 12.4. The molecule has 2 amide bonds. The monoisotopic (exact) mass is 764 g/mol. The molecule has 0 bridgehead atoms. The summed E-state index contributed by atoms with van der Waals surface area (Å²) in [6.07, 6.45) is 2.13. The zero-order chi connectivity index (χ0) is 33.8. The van der Waals surface area contributed by atoms with Crippen molar-refractivity contribution in [2.24, 2.45) is 10.2 Å². The quantitative estimate of drug-likeness (QED) is 0.0617. The Bertz CT molecular complexity index is 1730.